The Bertz CT molecular complexity index is 952. The number of aromatic amines is 1. The van der Waals surface area contributed by atoms with Crippen LogP contribution in [0.1, 0.15) is 22.3 Å². The van der Waals surface area contributed by atoms with Crippen molar-refractivity contribution in [2.45, 2.75) is 12.8 Å². The van der Waals surface area contributed by atoms with E-state index < -0.39 is 11.7 Å². The smallest absolute Gasteiger partial charge is 0.271 e. The third kappa shape index (κ3) is 3.83. The molecule has 1 aromatic heterocycles. The largest absolute Gasteiger partial charge is 0.494 e. The van der Waals surface area contributed by atoms with Crippen LogP contribution < -0.4 is 15.6 Å². The fourth-order valence-electron chi connectivity index (χ4n) is 2.64. The molecule has 26 heavy (non-hydrogen) atoms. The van der Waals surface area contributed by atoms with E-state index >= 15 is 0 Å². The van der Waals surface area contributed by atoms with Crippen molar-refractivity contribution in [2.75, 3.05) is 7.11 Å². The van der Waals surface area contributed by atoms with Gasteiger partial charge >= 0.3 is 0 Å². The summed E-state index contributed by atoms with van der Waals surface area (Å²) in [5, 5.41) is 0.771. The van der Waals surface area contributed by atoms with Crippen LogP contribution in [0.3, 0.4) is 0 Å². The van der Waals surface area contributed by atoms with Gasteiger partial charge in [0.15, 0.2) is 11.6 Å². The quantitative estimate of drug-likeness (QED) is 0.616. The van der Waals surface area contributed by atoms with Crippen LogP contribution in [0.15, 0.2) is 48.7 Å². The molecule has 0 bridgehead atoms. The van der Waals surface area contributed by atoms with Gasteiger partial charge in [-0.25, -0.2) is 4.39 Å². The zero-order chi connectivity index (χ0) is 18.5. The summed E-state index contributed by atoms with van der Waals surface area (Å²) in [6.45, 7) is 0. The Kier molecular flexibility index (Phi) is 5.17. The summed E-state index contributed by atoms with van der Waals surface area (Å²) < 4.78 is 18.5. The van der Waals surface area contributed by atoms with Crippen LogP contribution in [-0.4, -0.2) is 23.9 Å². The molecular formula is C19H18FN3O3. The molecule has 6 nitrogen and oxygen atoms in total. The van der Waals surface area contributed by atoms with Crippen molar-refractivity contribution in [3.05, 3.63) is 65.6 Å². The van der Waals surface area contributed by atoms with Crippen molar-refractivity contribution in [2.24, 2.45) is 0 Å². The van der Waals surface area contributed by atoms with E-state index in [0.29, 0.717) is 17.5 Å². The minimum Gasteiger partial charge on any atom is -0.494 e. The van der Waals surface area contributed by atoms with E-state index in [1.165, 1.54) is 19.2 Å². The number of aromatic nitrogens is 1. The zero-order valence-corrected chi connectivity index (χ0v) is 14.1. The minimum absolute atomic E-state index is 0.111. The lowest BCUT2D eigenvalue weighted by Gasteiger charge is -2.08. The molecule has 0 spiro atoms. The first kappa shape index (κ1) is 17.5. The van der Waals surface area contributed by atoms with E-state index in [0.717, 1.165) is 10.9 Å². The molecule has 0 saturated heterocycles. The number of benzene rings is 2. The van der Waals surface area contributed by atoms with E-state index in [1.807, 2.05) is 24.3 Å². The van der Waals surface area contributed by atoms with Crippen LogP contribution >= 0.6 is 0 Å². The number of fused-ring (bicyclic) bond motifs is 1. The van der Waals surface area contributed by atoms with Gasteiger partial charge in [-0.1, -0.05) is 24.3 Å². The maximum atomic E-state index is 13.6. The van der Waals surface area contributed by atoms with Crippen LogP contribution in [0.25, 0.3) is 10.9 Å². The van der Waals surface area contributed by atoms with Crippen molar-refractivity contribution in [3.63, 3.8) is 0 Å². The Morgan fingerprint density at radius 1 is 1.15 bits per heavy atom. The summed E-state index contributed by atoms with van der Waals surface area (Å²) in [6, 6.07) is 11.9. The molecule has 0 saturated carbocycles. The van der Waals surface area contributed by atoms with Crippen LogP contribution in [0.2, 0.25) is 0 Å². The van der Waals surface area contributed by atoms with Crippen molar-refractivity contribution >= 4 is 22.7 Å². The molecule has 0 atom stereocenters. The number of amides is 2. The molecule has 1 heterocycles. The van der Waals surface area contributed by atoms with Crippen molar-refractivity contribution in [1.29, 1.82) is 0 Å². The molecule has 134 valence electrons. The maximum Gasteiger partial charge on any atom is 0.271 e. The first-order valence-corrected chi connectivity index (χ1v) is 8.06. The normalized spacial score (nSPS) is 10.5. The highest BCUT2D eigenvalue weighted by Crippen LogP contribution is 2.19. The highest BCUT2D eigenvalue weighted by atomic mass is 19.1. The summed E-state index contributed by atoms with van der Waals surface area (Å²) in [7, 11) is 1.39. The molecule has 2 aromatic carbocycles. The number of rotatable bonds is 5. The molecule has 0 aliphatic rings. The summed E-state index contributed by atoms with van der Waals surface area (Å²) in [5.41, 5.74) is 6.71. The summed E-state index contributed by atoms with van der Waals surface area (Å²) >= 11 is 0. The van der Waals surface area contributed by atoms with Crippen molar-refractivity contribution in [3.8, 4) is 5.75 Å². The lowest BCUT2D eigenvalue weighted by atomic mass is 10.1. The van der Waals surface area contributed by atoms with E-state index in [9.17, 15) is 14.0 Å². The van der Waals surface area contributed by atoms with Gasteiger partial charge in [-0.15, -0.1) is 0 Å². The van der Waals surface area contributed by atoms with Gasteiger partial charge in [0.25, 0.3) is 5.91 Å². The number of hydrogen-bond donors (Lipinski definition) is 3. The fourth-order valence-corrected chi connectivity index (χ4v) is 2.64. The molecule has 0 aliphatic heterocycles. The van der Waals surface area contributed by atoms with E-state index in [4.69, 9.17) is 4.74 Å². The Balaban J connectivity index is 1.52. The molecule has 0 aliphatic carbocycles. The predicted molar refractivity (Wildman–Crippen MR) is 95.2 cm³/mol. The predicted octanol–water partition coefficient (Wildman–Crippen LogP) is 2.71. The van der Waals surface area contributed by atoms with Crippen LogP contribution in [0.5, 0.6) is 5.75 Å². The average molecular weight is 355 g/mol. The van der Waals surface area contributed by atoms with Gasteiger partial charge in [-0.3, -0.25) is 20.4 Å². The summed E-state index contributed by atoms with van der Waals surface area (Å²) in [6.07, 6.45) is 2.04. The topological polar surface area (TPSA) is 83.2 Å². The highest BCUT2D eigenvalue weighted by Gasteiger charge is 2.12. The van der Waals surface area contributed by atoms with E-state index in [1.54, 1.807) is 12.3 Å². The van der Waals surface area contributed by atoms with Gasteiger partial charge in [-0.05, 0) is 30.2 Å². The number of para-hydroxylation sites is 1. The fraction of sp³-hybridized carbons (Fsp3) is 0.158. The summed E-state index contributed by atoms with van der Waals surface area (Å²) in [4.78, 5) is 27.1. The van der Waals surface area contributed by atoms with Crippen LogP contribution in [0.4, 0.5) is 4.39 Å². The Labute approximate surface area is 149 Å². The number of hydrogen-bond acceptors (Lipinski definition) is 3. The molecular weight excluding hydrogens is 337 g/mol. The second-order valence-electron chi connectivity index (χ2n) is 5.72. The Hall–Kier alpha value is -3.35. The van der Waals surface area contributed by atoms with Crippen molar-refractivity contribution < 1.29 is 18.7 Å². The second-order valence-corrected chi connectivity index (χ2v) is 5.72. The van der Waals surface area contributed by atoms with Gasteiger partial charge in [0, 0.05) is 23.5 Å². The molecule has 2 amide bonds. The van der Waals surface area contributed by atoms with Crippen molar-refractivity contribution in [1.82, 2.24) is 15.8 Å². The number of methoxy groups -OCH3 is 1. The second kappa shape index (κ2) is 7.69. The number of halogens is 1. The molecule has 7 heteroatoms. The lowest BCUT2D eigenvalue weighted by Crippen LogP contribution is -2.41. The Morgan fingerprint density at radius 2 is 1.96 bits per heavy atom. The SMILES string of the molecule is COc1ccc(CCC(=O)NNC(=O)c2c[nH]c3ccccc23)cc1F. The molecule has 3 rings (SSSR count). The number of carbonyl (C=O) groups is 2. The maximum absolute atomic E-state index is 13.6. The molecule has 0 radical (unpaired) electrons. The highest BCUT2D eigenvalue weighted by molar-refractivity contribution is 6.07. The summed E-state index contributed by atoms with van der Waals surface area (Å²) in [5.74, 6) is -1.09. The van der Waals surface area contributed by atoms with Crippen LogP contribution in [-0.2, 0) is 11.2 Å². The lowest BCUT2D eigenvalue weighted by molar-refractivity contribution is -0.121. The van der Waals surface area contributed by atoms with Gasteiger partial charge in [0.2, 0.25) is 5.91 Å². The molecule has 0 fully saturated rings. The van der Waals surface area contributed by atoms with E-state index in [2.05, 4.69) is 15.8 Å². The van der Waals surface area contributed by atoms with Gasteiger partial charge < -0.3 is 9.72 Å². The third-order valence-electron chi connectivity index (χ3n) is 4.01. The first-order valence-electron chi connectivity index (χ1n) is 8.06. The zero-order valence-electron chi connectivity index (χ0n) is 14.1. The number of carbonyl (C=O) groups excluding carboxylic acids is 2. The molecule has 3 N–H and O–H groups in total. The Morgan fingerprint density at radius 3 is 2.73 bits per heavy atom. The number of aryl methyl sites for hydroxylation is 1. The monoisotopic (exact) mass is 355 g/mol. The minimum atomic E-state index is -0.474. The number of ether oxygens (including phenoxy) is 1. The average Bonchev–Trinajstić information content (AvgIpc) is 3.08. The number of hydrazine groups is 1. The van der Waals surface area contributed by atoms with Gasteiger partial charge in [-0.2, -0.15) is 0 Å². The number of nitrogens with one attached hydrogen (secondary N) is 3. The molecule has 0 unspecified atom stereocenters. The first-order chi connectivity index (χ1) is 12.6. The molecule has 3 aromatic rings. The van der Waals surface area contributed by atoms with Gasteiger partial charge in [0.05, 0.1) is 12.7 Å². The number of H-pyrrole nitrogens is 1. The third-order valence-corrected chi connectivity index (χ3v) is 4.01. The van der Waals surface area contributed by atoms with E-state index in [-0.39, 0.29) is 18.1 Å². The van der Waals surface area contributed by atoms with Gasteiger partial charge in [0.1, 0.15) is 0 Å². The standard InChI is InChI=1S/C19H18FN3O3/c1-26-17-8-6-12(10-15(17)20)7-9-18(24)22-23-19(25)14-11-21-16-5-3-2-4-13(14)16/h2-6,8,10-11,21H,7,9H2,1H3,(H,22,24)(H,23,25). The van der Waals surface area contributed by atoms with Crippen LogP contribution in [0, 0.1) is 5.82 Å².